The van der Waals surface area contributed by atoms with Crippen LogP contribution in [0.2, 0.25) is 0 Å². The quantitative estimate of drug-likeness (QED) is 0.814. The molecule has 0 unspecified atom stereocenters. The Bertz CT molecular complexity index is 336. The highest BCUT2D eigenvalue weighted by atomic mass is 32.2. The molecule has 0 aliphatic rings. The second-order valence-corrected chi connectivity index (χ2v) is 4.26. The molecule has 0 aliphatic carbocycles. The number of hydrogen-bond donors (Lipinski definition) is 1. The maximum atomic E-state index is 12.4. The predicted octanol–water partition coefficient (Wildman–Crippen LogP) is 3.28. The van der Waals surface area contributed by atoms with Crippen LogP contribution in [0.3, 0.4) is 0 Å². The fraction of sp³-hybridized carbons (Fsp3) is 0.400. The molecule has 0 amide bonds. The van der Waals surface area contributed by atoms with Crippen LogP contribution in [-0.2, 0) is 12.7 Å². The normalized spacial score (nSPS) is 11.8. The van der Waals surface area contributed by atoms with Crippen molar-refractivity contribution in [1.29, 1.82) is 0 Å². The average molecular weight is 235 g/mol. The number of alkyl halides is 3. The maximum absolute atomic E-state index is 12.4. The zero-order chi connectivity index (χ0) is 11.5. The van der Waals surface area contributed by atoms with Gasteiger partial charge >= 0.3 is 6.18 Å². The summed E-state index contributed by atoms with van der Waals surface area (Å²) >= 11 is 1.50. The van der Waals surface area contributed by atoms with Crippen LogP contribution in [0.1, 0.15) is 18.1 Å². The molecule has 0 aliphatic heterocycles. The minimum atomic E-state index is -4.29. The van der Waals surface area contributed by atoms with Crippen LogP contribution in [0, 0.1) is 0 Å². The Kier molecular flexibility index (Phi) is 4.04. The Morgan fingerprint density at radius 3 is 2.47 bits per heavy atom. The van der Waals surface area contributed by atoms with Crippen molar-refractivity contribution in [2.45, 2.75) is 24.5 Å². The summed E-state index contributed by atoms with van der Waals surface area (Å²) in [6.45, 7) is 2.08. The molecule has 1 aromatic carbocycles. The van der Waals surface area contributed by atoms with Crippen LogP contribution in [0.4, 0.5) is 13.2 Å². The van der Waals surface area contributed by atoms with Gasteiger partial charge in [0.25, 0.3) is 0 Å². The first-order valence-electron chi connectivity index (χ1n) is 4.52. The molecule has 0 aromatic heterocycles. The van der Waals surface area contributed by atoms with Gasteiger partial charge in [0.2, 0.25) is 0 Å². The molecule has 0 fully saturated rings. The van der Waals surface area contributed by atoms with Crippen molar-refractivity contribution < 1.29 is 13.2 Å². The Morgan fingerprint density at radius 2 is 2.00 bits per heavy atom. The molecule has 84 valence electrons. The zero-order valence-corrected chi connectivity index (χ0v) is 9.08. The number of rotatable bonds is 3. The summed E-state index contributed by atoms with van der Waals surface area (Å²) in [4.78, 5) is 0.827. The van der Waals surface area contributed by atoms with Crippen molar-refractivity contribution >= 4 is 11.8 Å². The Morgan fingerprint density at radius 1 is 1.33 bits per heavy atom. The van der Waals surface area contributed by atoms with E-state index in [1.54, 1.807) is 0 Å². The third kappa shape index (κ3) is 3.14. The summed E-state index contributed by atoms with van der Waals surface area (Å²) in [5, 5.41) is 0. The van der Waals surface area contributed by atoms with E-state index in [9.17, 15) is 13.2 Å². The van der Waals surface area contributed by atoms with Gasteiger partial charge in [-0.3, -0.25) is 0 Å². The van der Waals surface area contributed by atoms with Crippen LogP contribution >= 0.6 is 11.8 Å². The largest absolute Gasteiger partial charge is 0.416 e. The van der Waals surface area contributed by atoms with E-state index in [4.69, 9.17) is 5.73 Å². The average Bonchev–Trinajstić information content (AvgIpc) is 2.17. The van der Waals surface area contributed by atoms with E-state index >= 15 is 0 Å². The van der Waals surface area contributed by atoms with Gasteiger partial charge in [-0.1, -0.05) is 6.92 Å². The van der Waals surface area contributed by atoms with Gasteiger partial charge in [-0.2, -0.15) is 13.2 Å². The summed E-state index contributed by atoms with van der Waals surface area (Å²) < 4.78 is 37.1. The van der Waals surface area contributed by atoms with E-state index in [2.05, 4.69) is 0 Å². The molecule has 15 heavy (non-hydrogen) atoms. The van der Waals surface area contributed by atoms with Gasteiger partial charge in [-0.15, -0.1) is 11.8 Å². The van der Waals surface area contributed by atoms with Crippen LogP contribution in [0.5, 0.6) is 0 Å². The molecule has 2 N–H and O–H groups in total. The molecule has 0 spiro atoms. The topological polar surface area (TPSA) is 26.0 Å². The monoisotopic (exact) mass is 235 g/mol. The third-order valence-electron chi connectivity index (χ3n) is 1.91. The van der Waals surface area contributed by atoms with Gasteiger partial charge in [0.15, 0.2) is 0 Å². The Labute approximate surface area is 90.9 Å². The van der Waals surface area contributed by atoms with Gasteiger partial charge in [0.05, 0.1) is 5.56 Å². The fourth-order valence-electron chi connectivity index (χ4n) is 1.21. The third-order valence-corrected chi connectivity index (χ3v) is 2.91. The van der Waals surface area contributed by atoms with Gasteiger partial charge in [-0.25, -0.2) is 0 Å². The summed E-state index contributed by atoms with van der Waals surface area (Å²) in [6.07, 6.45) is -4.29. The highest BCUT2D eigenvalue weighted by Gasteiger charge is 2.30. The van der Waals surface area contributed by atoms with E-state index in [1.165, 1.54) is 17.8 Å². The van der Waals surface area contributed by atoms with Crippen molar-refractivity contribution in [2.75, 3.05) is 5.75 Å². The first-order valence-corrected chi connectivity index (χ1v) is 5.50. The van der Waals surface area contributed by atoms with Crippen molar-refractivity contribution in [2.24, 2.45) is 5.73 Å². The van der Waals surface area contributed by atoms with Crippen LogP contribution in [0.25, 0.3) is 0 Å². The molecule has 0 radical (unpaired) electrons. The molecule has 0 bridgehead atoms. The standard InChI is InChI=1S/C10H12F3NS/c1-2-15-9-4-3-8(10(11,12)13)5-7(9)6-14/h3-5H,2,6,14H2,1H3. The fourth-order valence-corrected chi connectivity index (χ4v) is 2.01. The number of nitrogens with two attached hydrogens (primary N) is 1. The van der Waals surface area contributed by atoms with E-state index < -0.39 is 11.7 Å². The van der Waals surface area contributed by atoms with E-state index in [1.807, 2.05) is 6.92 Å². The zero-order valence-electron chi connectivity index (χ0n) is 8.27. The van der Waals surface area contributed by atoms with E-state index in [0.29, 0.717) is 5.56 Å². The Hall–Kier alpha value is -0.680. The molecule has 1 aromatic rings. The van der Waals surface area contributed by atoms with Gasteiger partial charge in [0.1, 0.15) is 0 Å². The van der Waals surface area contributed by atoms with Crippen molar-refractivity contribution in [3.05, 3.63) is 29.3 Å². The number of hydrogen-bond acceptors (Lipinski definition) is 2. The number of halogens is 3. The van der Waals surface area contributed by atoms with Gasteiger partial charge in [0, 0.05) is 11.4 Å². The summed E-state index contributed by atoms with van der Waals surface area (Å²) in [6, 6.07) is 3.70. The van der Waals surface area contributed by atoms with E-state index in [-0.39, 0.29) is 6.54 Å². The molecular formula is C10H12F3NS. The molecule has 1 nitrogen and oxygen atoms in total. The molecule has 5 heteroatoms. The van der Waals surface area contributed by atoms with Crippen LogP contribution < -0.4 is 5.73 Å². The number of thioether (sulfide) groups is 1. The molecule has 0 saturated heterocycles. The highest BCUT2D eigenvalue weighted by molar-refractivity contribution is 7.99. The van der Waals surface area contributed by atoms with Gasteiger partial charge in [-0.05, 0) is 29.5 Å². The van der Waals surface area contributed by atoms with Crippen molar-refractivity contribution in [3.63, 3.8) is 0 Å². The highest BCUT2D eigenvalue weighted by Crippen LogP contribution is 2.32. The summed E-state index contributed by atoms with van der Waals surface area (Å²) in [5.41, 5.74) is 5.33. The van der Waals surface area contributed by atoms with E-state index in [0.717, 1.165) is 22.8 Å². The SMILES string of the molecule is CCSc1ccc(C(F)(F)F)cc1CN. The number of benzene rings is 1. The summed E-state index contributed by atoms with van der Waals surface area (Å²) in [7, 11) is 0. The predicted molar refractivity (Wildman–Crippen MR) is 55.7 cm³/mol. The molecular weight excluding hydrogens is 223 g/mol. The van der Waals surface area contributed by atoms with Gasteiger partial charge < -0.3 is 5.73 Å². The first-order chi connectivity index (χ1) is 6.99. The van der Waals surface area contributed by atoms with Crippen molar-refractivity contribution in [1.82, 2.24) is 0 Å². The molecule has 0 saturated carbocycles. The lowest BCUT2D eigenvalue weighted by Crippen LogP contribution is -2.07. The Balaban J connectivity index is 3.08. The lowest BCUT2D eigenvalue weighted by molar-refractivity contribution is -0.137. The minimum Gasteiger partial charge on any atom is -0.326 e. The lowest BCUT2D eigenvalue weighted by atomic mass is 10.1. The lowest BCUT2D eigenvalue weighted by Gasteiger charge is -2.11. The molecule has 1 rings (SSSR count). The van der Waals surface area contributed by atoms with Crippen LogP contribution in [0.15, 0.2) is 23.1 Å². The first kappa shape index (κ1) is 12.4. The molecule has 0 heterocycles. The molecule has 0 atom stereocenters. The maximum Gasteiger partial charge on any atom is 0.416 e. The second kappa shape index (κ2) is 4.90. The van der Waals surface area contributed by atoms with Crippen LogP contribution in [-0.4, -0.2) is 5.75 Å². The minimum absolute atomic E-state index is 0.131. The second-order valence-electron chi connectivity index (χ2n) is 2.96. The smallest absolute Gasteiger partial charge is 0.326 e. The summed E-state index contributed by atoms with van der Waals surface area (Å²) in [5.74, 6) is 0.818. The van der Waals surface area contributed by atoms with Crippen molar-refractivity contribution in [3.8, 4) is 0 Å².